The number of rotatable bonds is 8. The van der Waals surface area contributed by atoms with Crippen LogP contribution in [0, 0.1) is 6.92 Å². The van der Waals surface area contributed by atoms with Crippen LogP contribution in [0.25, 0.3) is 16.9 Å². The van der Waals surface area contributed by atoms with Gasteiger partial charge in [0.25, 0.3) is 5.56 Å². The van der Waals surface area contributed by atoms with Crippen LogP contribution in [-0.2, 0) is 7.05 Å². The zero-order valence-electron chi connectivity index (χ0n) is 20.5. The summed E-state index contributed by atoms with van der Waals surface area (Å²) in [6.07, 6.45) is 3.91. The number of hydrogen-bond donors (Lipinski definition) is 0. The van der Waals surface area contributed by atoms with Crippen LogP contribution in [-0.4, -0.2) is 19.8 Å². The maximum Gasteiger partial charge on any atom is 0.297 e. The molecule has 0 radical (unpaired) electrons. The van der Waals surface area contributed by atoms with E-state index in [1.54, 1.807) is 4.68 Å². The van der Waals surface area contributed by atoms with Crippen molar-refractivity contribution in [2.75, 3.05) is 0 Å². The molecule has 2 aromatic heterocycles. The molecule has 0 fully saturated rings. The molecule has 0 N–H and O–H groups in total. The van der Waals surface area contributed by atoms with Crippen molar-refractivity contribution >= 4 is 38.7 Å². The summed E-state index contributed by atoms with van der Waals surface area (Å²) >= 11 is 5.18. The second-order valence-electron chi connectivity index (χ2n) is 8.38. The first-order valence-corrected chi connectivity index (χ1v) is 13.5. The van der Waals surface area contributed by atoms with E-state index in [0.29, 0.717) is 10.5 Å². The van der Waals surface area contributed by atoms with Crippen molar-refractivity contribution in [3.8, 4) is 16.9 Å². The molecule has 0 bridgehead atoms. The van der Waals surface area contributed by atoms with Gasteiger partial charge in [0, 0.05) is 28.2 Å². The van der Waals surface area contributed by atoms with Crippen LogP contribution in [0.1, 0.15) is 45.2 Å². The Morgan fingerprint density at radius 1 is 1.00 bits per heavy atom. The van der Waals surface area contributed by atoms with Crippen LogP contribution >= 0.6 is 27.3 Å². The SMILES string of the molecule is CCCC(CCC)=Nn1c(-c2ccccc2Br)csc1=Nc1c(C)n(C)n(-c2ccccc2)c1=O. The summed E-state index contributed by atoms with van der Waals surface area (Å²) in [5.41, 5.74) is 5.00. The van der Waals surface area contributed by atoms with E-state index in [9.17, 15) is 4.79 Å². The van der Waals surface area contributed by atoms with Gasteiger partial charge >= 0.3 is 0 Å². The lowest BCUT2D eigenvalue weighted by molar-refractivity contribution is 0.630. The van der Waals surface area contributed by atoms with Gasteiger partial charge in [-0.2, -0.15) is 5.10 Å². The van der Waals surface area contributed by atoms with Crippen molar-refractivity contribution in [2.45, 2.75) is 46.5 Å². The predicted octanol–water partition coefficient (Wildman–Crippen LogP) is 6.81. The van der Waals surface area contributed by atoms with Crippen molar-refractivity contribution < 1.29 is 0 Å². The van der Waals surface area contributed by atoms with Crippen LogP contribution in [0.15, 0.2) is 79.3 Å². The van der Waals surface area contributed by atoms with Crippen LogP contribution < -0.4 is 10.4 Å². The van der Waals surface area contributed by atoms with Gasteiger partial charge in [0.15, 0.2) is 5.69 Å². The van der Waals surface area contributed by atoms with E-state index in [-0.39, 0.29) is 5.56 Å². The van der Waals surface area contributed by atoms with Gasteiger partial charge in [0.1, 0.15) is 0 Å². The van der Waals surface area contributed by atoms with Crippen LogP contribution in [0.5, 0.6) is 0 Å². The number of para-hydroxylation sites is 1. The Morgan fingerprint density at radius 2 is 1.66 bits per heavy atom. The fourth-order valence-electron chi connectivity index (χ4n) is 4.05. The molecule has 0 amide bonds. The fourth-order valence-corrected chi connectivity index (χ4v) is 5.37. The third kappa shape index (κ3) is 5.18. The van der Waals surface area contributed by atoms with Gasteiger partial charge < -0.3 is 0 Å². The minimum absolute atomic E-state index is 0.148. The summed E-state index contributed by atoms with van der Waals surface area (Å²) in [7, 11) is 1.89. The highest BCUT2D eigenvalue weighted by Gasteiger charge is 2.17. The lowest BCUT2D eigenvalue weighted by Crippen LogP contribution is -2.20. The van der Waals surface area contributed by atoms with Gasteiger partial charge in [-0.25, -0.2) is 14.4 Å². The molecule has 0 saturated heterocycles. The van der Waals surface area contributed by atoms with E-state index in [0.717, 1.165) is 58.5 Å². The number of aromatic nitrogens is 3. The highest BCUT2D eigenvalue weighted by molar-refractivity contribution is 9.10. The summed E-state index contributed by atoms with van der Waals surface area (Å²) in [5, 5.41) is 7.13. The van der Waals surface area contributed by atoms with Crippen molar-refractivity contribution in [1.82, 2.24) is 14.0 Å². The first-order valence-electron chi connectivity index (χ1n) is 11.9. The molecule has 2 heterocycles. The maximum atomic E-state index is 13.5. The zero-order valence-corrected chi connectivity index (χ0v) is 22.9. The molecule has 6 nitrogen and oxygen atoms in total. The standard InChI is InChI=1S/C27H30BrN5OS/c1-5-12-20(13-6-2)30-32-24(22-16-10-11-17-23(22)28)18-35-27(32)29-25-19(3)31(4)33(26(25)34)21-14-8-7-9-15-21/h7-11,14-18H,5-6,12-13H2,1-4H3. The van der Waals surface area contributed by atoms with Crippen LogP contribution in [0.2, 0.25) is 0 Å². The summed E-state index contributed by atoms with van der Waals surface area (Å²) in [5.74, 6) is 0. The Bertz CT molecular complexity index is 1470. The monoisotopic (exact) mass is 551 g/mol. The number of nitrogens with zero attached hydrogens (tertiary/aromatic N) is 5. The van der Waals surface area contributed by atoms with Gasteiger partial charge in [-0.15, -0.1) is 11.3 Å². The molecule has 8 heteroatoms. The molecular weight excluding hydrogens is 522 g/mol. The lowest BCUT2D eigenvalue weighted by Gasteiger charge is -2.09. The minimum Gasteiger partial charge on any atom is -0.283 e. The Morgan fingerprint density at radius 3 is 2.31 bits per heavy atom. The van der Waals surface area contributed by atoms with Crippen molar-refractivity contribution in [1.29, 1.82) is 0 Å². The van der Waals surface area contributed by atoms with Crippen LogP contribution in [0.4, 0.5) is 5.69 Å². The molecule has 4 rings (SSSR count). The van der Waals surface area contributed by atoms with Gasteiger partial charge in [-0.1, -0.05) is 79.0 Å². The Balaban J connectivity index is 1.97. The average Bonchev–Trinajstić information content (AvgIpc) is 3.33. The Hall–Kier alpha value is -2.97. The van der Waals surface area contributed by atoms with E-state index >= 15 is 0 Å². The third-order valence-electron chi connectivity index (χ3n) is 5.89. The quantitative estimate of drug-likeness (QED) is 0.222. The number of benzene rings is 2. The fraction of sp³-hybridized carbons (Fsp3) is 0.296. The molecular formula is C27H30BrN5OS. The van der Waals surface area contributed by atoms with Gasteiger partial charge in [0.05, 0.1) is 17.1 Å². The Labute approximate surface area is 218 Å². The van der Waals surface area contributed by atoms with Crippen molar-refractivity contribution in [3.05, 3.63) is 85.3 Å². The van der Waals surface area contributed by atoms with E-state index in [1.165, 1.54) is 11.3 Å². The lowest BCUT2D eigenvalue weighted by atomic mass is 10.1. The molecule has 0 spiro atoms. The average molecular weight is 553 g/mol. The normalized spacial score (nSPS) is 11.7. The second kappa shape index (κ2) is 11.2. The number of halogens is 1. The number of thiazole rings is 1. The van der Waals surface area contributed by atoms with E-state index in [1.807, 2.05) is 71.9 Å². The van der Waals surface area contributed by atoms with Crippen molar-refractivity contribution in [3.63, 3.8) is 0 Å². The molecule has 0 saturated carbocycles. The van der Waals surface area contributed by atoms with E-state index in [4.69, 9.17) is 10.1 Å². The largest absolute Gasteiger partial charge is 0.297 e. The molecule has 0 unspecified atom stereocenters. The first-order chi connectivity index (χ1) is 17.0. The number of hydrogen-bond acceptors (Lipinski definition) is 4. The molecule has 4 aromatic rings. The predicted molar refractivity (Wildman–Crippen MR) is 149 cm³/mol. The molecule has 182 valence electrons. The van der Waals surface area contributed by atoms with Crippen molar-refractivity contribution in [2.24, 2.45) is 17.1 Å². The summed E-state index contributed by atoms with van der Waals surface area (Å²) < 4.78 is 6.41. The summed E-state index contributed by atoms with van der Waals surface area (Å²) in [6, 6.07) is 17.7. The van der Waals surface area contributed by atoms with E-state index in [2.05, 4.69) is 41.2 Å². The van der Waals surface area contributed by atoms with Gasteiger partial charge in [-0.05, 0) is 38.0 Å². The smallest absolute Gasteiger partial charge is 0.283 e. The first kappa shape index (κ1) is 25.1. The highest BCUT2D eigenvalue weighted by atomic mass is 79.9. The second-order valence-corrected chi connectivity index (χ2v) is 10.1. The third-order valence-corrected chi connectivity index (χ3v) is 7.39. The molecule has 0 aliphatic carbocycles. The summed E-state index contributed by atoms with van der Waals surface area (Å²) in [6.45, 7) is 6.26. The maximum absolute atomic E-state index is 13.5. The van der Waals surface area contributed by atoms with Gasteiger partial charge in [-0.3, -0.25) is 9.48 Å². The zero-order chi connectivity index (χ0) is 24.9. The minimum atomic E-state index is -0.148. The van der Waals surface area contributed by atoms with Crippen LogP contribution in [0.3, 0.4) is 0 Å². The Kier molecular flexibility index (Phi) is 8.03. The molecule has 2 aromatic carbocycles. The molecule has 35 heavy (non-hydrogen) atoms. The van der Waals surface area contributed by atoms with Gasteiger partial charge in [0.2, 0.25) is 4.80 Å². The van der Waals surface area contributed by atoms with E-state index < -0.39 is 0 Å². The highest BCUT2D eigenvalue weighted by Crippen LogP contribution is 2.29. The molecule has 0 aliphatic heterocycles. The summed E-state index contributed by atoms with van der Waals surface area (Å²) in [4.78, 5) is 19.1. The topological polar surface area (TPSA) is 56.6 Å². The molecule has 0 atom stereocenters. The molecule has 0 aliphatic rings.